The molecule has 2 heterocycles. The zero-order valence-corrected chi connectivity index (χ0v) is 11.4. The molecule has 0 radical (unpaired) electrons. The number of rotatable bonds is 1. The molecule has 2 rings (SSSR count). The highest BCUT2D eigenvalue weighted by molar-refractivity contribution is 9.13. The standard InChI is InChI=1S/C8H6Br2N4S/c9-4-1-5(15-6(4)10)3-2-13-8(12)14-7(3)11/h1-2H,(H4,11,12,13,14). The van der Waals surface area contributed by atoms with E-state index in [4.69, 9.17) is 11.5 Å². The van der Waals surface area contributed by atoms with Gasteiger partial charge in [0.1, 0.15) is 5.82 Å². The molecule has 78 valence electrons. The second kappa shape index (κ2) is 4.07. The Morgan fingerprint density at radius 3 is 2.53 bits per heavy atom. The van der Waals surface area contributed by atoms with Crippen molar-refractivity contribution in [1.82, 2.24) is 9.97 Å². The summed E-state index contributed by atoms with van der Waals surface area (Å²) in [5.74, 6) is 0.578. The molecule has 0 saturated carbocycles. The first kappa shape index (κ1) is 10.8. The van der Waals surface area contributed by atoms with E-state index in [1.165, 1.54) is 0 Å². The maximum absolute atomic E-state index is 5.76. The molecule has 0 saturated heterocycles. The van der Waals surface area contributed by atoms with E-state index in [1.54, 1.807) is 17.5 Å². The number of nitrogen functional groups attached to an aromatic ring is 2. The summed E-state index contributed by atoms with van der Waals surface area (Å²) >= 11 is 8.38. The summed E-state index contributed by atoms with van der Waals surface area (Å²) in [6.45, 7) is 0. The van der Waals surface area contributed by atoms with Crippen LogP contribution >= 0.6 is 43.2 Å². The molecule has 0 unspecified atom stereocenters. The van der Waals surface area contributed by atoms with Crippen molar-refractivity contribution in [2.24, 2.45) is 0 Å². The van der Waals surface area contributed by atoms with E-state index in [1.807, 2.05) is 6.07 Å². The van der Waals surface area contributed by atoms with Crippen molar-refractivity contribution in [3.05, 3.63) is 20.5 Å². The lowest BCUT2D eigenvalue weighted by molar-refractivity contribution is 1.20. The number of aromatic nitrogens is 2. The van der Waals surface area contributed by atoms with Gasteiger partial charge in [-0.15, -0.1) is 11.3 Å². The van der Waals surface area contributed by atoms with Gasteiger partial charge in [0.2, 0.25) is 5.95 Å². The van der Waals surface area contributed by atoms with Crippen LogP contribution in [0.15, 0.2) is 20.5 Å². The Bertz CT molecular complexity index is 492. The van der Waals surface area contributed by atoms with Crippen LogP contribution in [0.1, 0.15) is 0 Å². The van der Waals surface area contributed by atoms with Gasteiger partial charge >= 0.3 is 0 Å². The normalized spacial score (nSPS) is 10.5. The van der Waals surface area contributed by atoms with Crippen LogP contribution in [0.4, 0.5) is 11.8 Å². The third-order valence-corrected chi connectivity index (χ3v) is 5.04. The Kier molecular flexibility index (Phi) is 2.94. The smallest absolute Gasteiger partial charge is 0.221 e. The van der Waals surface area contributed by atoms with Crippen LogP contribution in [-0.4, -0.2) is 9.97 Å². The van der Waals surface area contributed by atoms with E-state index in [0.29, 0.717) is 5.82 Å². The number of halogens is 2. The summed E-state index contributed by atoms with van der Waals surface area (Å²) in [5.41, 5.74) is 12.0. The van der Waals surface area contributed by atoms with E-state index in [2.05, 4.69) is 41.8 Å². The van der Waals surface area contributed by atoms with Crippen LogP contribution in [0.5, 0.6) is 0 Å². The highest BCUT2D eigenvalue weighted by Gasteiger charge is 2.10. The molecule has 7 heteroatoms. The van der Waals surface area contributed by atoms with Gasteiger partial charge in [0.25, 0.3) is 0 Å². The van der Waals surface area contributed by atoms with Crippen molar-refractivity contribution < 1.29 is 0 Å². The molecule has 0 atom stereocenters. The molecule has 0 spiro atoms. The third-order valence-electron chi connectivity index (χ3n) is 1.75. The highest BCUT2D eigenvalue weighted by Crippen LogP contribution is 2.39. The fourth-order valence-corrected chi connectivity index (χ4v) is 3.13. The summed E-state index contributed by atoms with van der Waals surface area (Å²) in [5, 5.41) is 0. The van der Waals surface area contributed by atoms with E-state index < -0.39 is 0 Å². The lowest BCUT2D eigenvalue weighted by Crippen LogP contribution is -2.00. The van der Waals surface area contributed by atoms with Crippen LogP contribution in [0.3, 0.4) is 0 Å². The van der Waals surface area contributed by atoms with Crippen molar-refractivity contribution in [2.75, 3.05) is 11.5 Å². The fraction of sp³-hybridized carbons (Fsp3) is 0. The van der Waals surface area contributed by atoms with E-state index in [9.17, 15) is 0 Å². The zero-order valence-electron chi connectivity index (χ0n) is 7.37. The Labute approximate surface area is 107 Å². The van der Waals surface area contributed by atoms with Crippen molar-refractivity contribution in [1.29, 1.82) is 0 Å². The molecule has 4 nitrogen and oxygen atoms in total. The average molecular weight is 350 g/mol. The van der Waals surface area contributed by atoms with Gasteiger partial charge in [0.05, 0.1) is 9.35 Å². The predicted octanol–water partition coefficient (Wildman–Crippen LogP) is 2.89. The summed E-state index contributed by atoms with van der Waals surface area (Å²) < 4.78 is 1.99. The molecule has 0 aliphatic carbocycles. The molecule has 15 heavy (non-hydrogen) atoms. The van der Waals surface area contributed by atoms with Gasteiger partial charge < -0.3 is 11.5 Å². The van der Waals surface area contributed by atoms with Gasteiger partial charge in [-0.1, -0.05) is 0 Å². The van der Waals surface area contributed by atoms with Crippen LogP contribution in [0, 0.1) is 0 Å². The molecule has 4 N–H and O–H groups in total. The molecule has 0 aromatic carbocycles. The van der Waals surface area contributed by atoms with Crippen LogP contribution in [0.2, 0.25) is 0 Å². The van der Waals surface area contributed by atoms with E-state index in [0.717, 1.165) is 18.7 Å². The number of anilines is 2. The molecule has 2 aromatic rings. The molecule has 0 bridgehead atoms. The summed E-state index contributed by atoms with van der Waals surface area (Å²) in [6, 6.07) is 1.96. The van der Waals surface area contributed by atoms with Crippen molar-refractivity contribution >= 4 is 55.0 Å². The predicted molar refractivity (Wildman–Crippen MR) is 69.6 cm³/mol. The lowest BCUT2D eigenvalue weighted by Gasteiger charge is -2.01. The first-order chi connectivity index (χ1) is 7.08. The minimum Gasteiger partial charge on any atom is -0.383 e. The second-order valence-corrected chi connectivity index (χ2v) is 5.98. The Balaban J connectivity index is 2.54. The molecular weight excluding hydrogens is 344 g/mol. The first-order valence-electron chi connectivity index (χ1n) is 3.91. The Morgan fingerprint density at radius 2 is 2.00 bits per heavy atom. The molecule has 2 aromatic heterocycles. The van der Waals surface area contributed by atoms with Gasteiger partial charge in [-0.2, -0.15) is 4.98 Å². The monoisotopic (exact) mass is 348 g/mol. The lowest BCUT2D eigenvalue weighted by atomic mass is 10.2. The summed E-state index contributed by atoms with van der Waals surface area (Å²) in [4.78, 5) is 8.82. The first-order valence-corrected chi connectivity index (χ1v) is 6.31. The van der Waals surface area contributed by atoms with Gasteiger partial charge in [0.15, 0.2) is 0 Å². The minimum atomic E-state index is 0.186. The highest BCUT2D eigenvalue weighted by atomic mass is 79.9. The number of hydrogen-bond acceptors (Lipinski definition) is 5. The number of thiophene rings is 1. The quantitative estimate of drug-likeness (QED) is 0.829. The summed E-state index contributed by atoms with van der Waals surface area (Å²) in [6.07, 6.45) is 1.63. The Morgan fingerprint density at radius 1 is 1.27 bits per heavy atom. The third kappa shape index (κ3) is 2.14. The number of nitrogens with two attached hydrogens (primary N) is 2. The van der Waals surface area contributed by atoms with Crippen molar-refractivity contribution in [3.63, 3.8) is 0 Å². The van der Waals surface area contributed by atoms with Gasteiger partial charge in [0, 0.05) is 15.5 Å². The van der Waals surface area contributed by atoms with Crippen LogP contribution in [-0.2, 0) is 0 Å². The van der Waals surface area contributed by atoms with Crippen LogP contribution in [0.25, 0.3) is 10.4 Å². The molecule has 0 amide bonds. The molecular formula is C8H6Br2N4S. The molecule has 0 aliphatic heterocycles. The average Bonchev–Trinajstić information content (AvgIpc) is 2.46. The Hall–Kier alpha value is -0.660. The topological polar surface area (TPSA) is 77.8 Å². The van der Waals surface area contributed by atoms with Gasteiger partial charge in [-0.25, -0.2) is 4.98 Å². The molecule has 0 fully saturated rings. The summed E-state index contributed by atoms with van der Waals surface area (Å²) in [7, 11) is 0. The van der Waals surface area contributed by atoms with Crippen molar-refractivity contribution in [3.8, 4) is 10.4 Å². The SMILES string of the molecule is Nc1ncc(-c2cc(Br)c(Br)s2)c(N)n1. The van der Waals surface area contributed by atoms with Crippen molar-refractivity contribution in [2.45, 2.75) is 0 Å². The maximum Gasteiger partial charge on any atom is 0.221 e. The van der Waals surface area contributed by atoms with Gasteiger partial charge in [-0.05, 0) is 37.9 Å². The molecule has 0 aliphatic rings. The minimum absolute atomic E-state index is 0.186. The van der Waals surface area contributed by atoms with E-state index in [-0.39, 0.29) is 5.95 Å². The number of nitrogens with zero attached hydrogens (tertiary/aromatic N) is 2. The maximum atomic E-state index is 5.76. The van der Waals surface area contributed by atoms with Crippen LogP contribution < -0.4 is 11.5 Å². The fourth-order valence-electron chi connectivity index (χ4n) is 1.08. The largest absolute Gasteiger partial charge is 0.383 e. The second-order valence-electron chi connectivity index (χ2n) is 2.76. The van der Waals surface area contributed by atoms with E-state index >= 15 is 0 Å². The number of hydrogen-bond donors (Lipinski definition) is 2. The van der Waals surface area contributed by atoms with Gasteiger partial charge in [-0.3, -0.25) is 0 Å². The zero-order chi connectivity index (χ0) is 11.0.